The van der Waals surface area contributed by atoms with Crippen molar-refractivity contribution < 1.29 is 32.2 Å². The smallest absolute Gasteiger partial charge is 0.352 e. The summed E-state index contributed by atoms with van der Waals surface area (Å²) in [6, 6.07) is -0.778. The number of hydrogen-bond acceptors (Lipinski definition) is 4. The van der Waals surface area contributed by atoms with Crippen molar-refractivity contribution in [2.45, 2.75) is 38.8 Å². The summed E-state index contributed by atoms with van der Waals surface area (Å²) in [6.07, 6.45) is 3.76. The number of allylic oxidation sites excluding steroid dienone is 5. The highest BCUT2D eigenvalue weighted by atomic mass is 35.5. The Morgan fingerprint density at radius 3 is 2.78 bits per heavy atom. The van der Waals surface area contributed by atoms with Crippen LogP contribution < -0.4 is 0 Å². The van der Waals surface area contributed by atoms with Gasteiger partial charge in [0.25, 0.3) is 0 Å². The van der Waals surface area contributed by atoms with Gasteiger partial charge in [-0.2, -0.15) is 13.9 Å². The minimum absolute atomic E-state index is 0.0112. The van der Waals surface area contributed by atoms with E-state index in [1.807, 2.05) is 0 Å². The second-order valence-electron chi connectivity index (χ2n) is 5.83. The summed E-state index contributed by atoms with van der Waals surface area (Å²) < 4.78 is 55.6. The first-order valence-electron chi connectivity index (χ1n) is 7.97. The van der Waals surface area contributed by atoms with Crippen molar-refractivity contribution >= 4 is 23.3 Å². The van der Waals surface area contributed by atoms with E-state index >= 15 is 0 Å². The lowest BCUT2D eigenvalue weighted by molar-refractivity contribution is -0.129. The zero-order valence-corrected chi connectivity index (χ0v) is 15.0. The number of hydrogen-bond donors (Lipinski definition) is 1. The van der Waals surface area contributed by atoms with Gasteiger partial charge < -0.3 is 9.84 Å². The van der Waals surface area contributed by atoms with E-state index in [-0.39, 0.29) is 35.6 Å². The molecule has 1 N–H and O–H groups in total. The highest BCUT2D eigenvalue weighted by Gasteiger charge is 2.35. The van der Waals surface area contributed by atoms with Crippen LogP contribution in [-0.2, 0) is 9.53 Å². The van der Waals surface area contributed by atoms with Crippen LogP contribution in [0.2, 0.25) is 0 Å². The molecule has 0 saturated carbocycles. The summed E-state index contributed by atoms with van der Waals surface area (Å²) in [5.41, 5.74) is 0.452. The topological polar surface area (TPSA) is 62.1 Å². The Labute approximate surface area is 157 Å². The van der Waals surface area contributed by atoms with Crippen LogP contribution in [0, 0.1) is 0 Å². The van der Waals surface area contributed by atoms with Crippen molar-refractivity contribution in [3.05, 3.63) is 46.2 Å². The maximum Gasteiger partial charge on any atom is 0.352 e. The van der Waals surface area contributed by atoms with Gasteiger partial charge in [0.15, 0.2) is 0 Å². The molecular weight excluding hydrogens is 392 g/mol. The van der Waals surface area contributed by atoms with Crippen LogP contribution in [0.25, 0.3) is 0 Å². The molecule has 0 radical (unpaired) electrons. The largest absolute Gasteiger partial charge is 0.477 e. The zero-order chi connectivity index (χ0) is 20.1. The number of ether oxygens (including phenoxy) is 1. The van der Waals surface area contributed by atoms with E-state index in [2.05, 4.69) is 9.84 Å². The minimum Gasteiger partial charge on any atom is -0.477 e. The molecule has 2 rings (SSSR count). The van der Waals surface area contributed by atoms with Gasteiger partial charge in [0.2, 0.25) is 0 Å². The lowest BCUT2D eigenvalue weighted by Crippen LogP contribution is -2.29. The molecule has 2 aliphatic rings. The van der Waals surface area contributed by atoms with Crippen LogP contribution in [0.1, 0.15) is 26.2 Å². The molecule has 0 aromatic carbocycles. The second-order valence-corrected chi connectivity index (χ2v) is 6.24. The molecule has 27 heavy (non-hydrogen) atoms. The fraction of sp³-hybridized carbons (Fsp3) is 0.412. The molecule has 0 spiro atoms. The van der Waals surface area contributed by atoms with Gasteiger partial charge in [-0.3, -0.25) is 5.01 Å². The van der Waals surface area contributed by atoms with E-state index < -0.39 is 36.9 Å². The molecule has 0 amide bonds. The Balaban J connectivity index is 2.39. The number of carboxylic acids is 1. The molecule has 148 valence electrons. The van der Waals surface area contributed by atoms with Gasteiger partial charge >= 0.3 is 12.6 Å². The lowest BCUT2D eigenvalue weighted by atomic mass is 9.99. The van der Waals surface area contributed by atoms with E-state index in [1.54, 1.807) is 0 Å². The molecule has 1 unspecified atom stereocenters. The maximum atomic E-state index is 13.5. The van der Waals surface area contributed by atoms with Crippen molar-refractivity contribution in [1.82, 2.24) is 5.01 Å². The van der Waals surface area contributed by atoms with Gasteiger partial charge in [0.05, 0.1) is 23.5 Å². The van der Waals surface area contributed by atoms with Crippen molar-refractivity contribution in [3.8, 4) is 0 Å². The van der Waals surface area contributed by atoms with Crippen molar-refractivity contribution in [3.63, 3.8) is 0 Å². The Morgan fingerprint density at radius 1 is 1.52 bits per heavy atom. The maximum absolute atomic E-state index is 13.5. The van der Waals surface area contributed by atoms with Crippen molar-refractivity contribution in [2.24, 2.45) is 5.10 Å². The summed E-state index contributed by atoms with van der Waals surface area (Å²) in [7, 11) is 0. The molecule has 1 aliphatic carbocycles. The van der Waals surface area contributed by atoms with E-state index in [0.29, 0.717) is 5.70 Å². The fourth-order valence-electron chi connectivity index (χ4n) is 2.74. The number of rotatable bonds is 7. The SMILES string of the molecule is CC(F)=CC(=CCOC(F)F)C1CC(C(=O)O)=NN1C1=CC(Cl)=C(F)CC1. The Morgan fingerprint density at radius 2 is 2.22 bits per heavy atom. The normalized spacial score (nSPS) is 21.7. The molecule has 1 heterocycles. The molecule has 1 atom stereocenters. The first-order chi connectivity index (χ1) is 12.7. The molecule has 0 saturated heterocycles. The summed E-state index contributed by atoms with van der Waals surface area (Å²) in [6.45, 7) is -2.34. The lowest BCUT2D eigenvalue weighted by Gasteiger charge is -2.28. The van der Waals surface area contributed by atoms with Gasteiger partial charge in [0.1, 0.15) is 11.5 Å². The van der Waals surface area contributed by atoms with E-state index in [0.717, 1.165) is 13.0 Å². The number of hydrazone groups is 1. The predicted molar refractivity (Wildman–Crippen MR) is 91.5 cm³/mol. The Hall–Kier alpha value is -2.13. The first-order valence-corrected chi connectivity index (χ1v) is 8.35. The van der Waals surface area contributed by atoms with Crippen LogP contribution >= 0.6 is 11.6 Å². The van der Waals surface area contributed by atoms with Gasteiger partial charge in [0, 0.05) is 18.5 Å². The molecular formula is C17H17ClF4N2O3. The second kappa shape index (κ2) is 9.18. The molecule has 0 bridgehead atoms. The molecule has 5 nitrogen and oxygen atoms in total. The van der Waals surface area contributed by atoms with Gasteiger partial charge in [-0.05, 0) is 31.1 Å². The van der Waals surface area contributed by atoms with E-state index in [4.69, 9.17) is 11.6 Å². The fourth-order valence-corrected chi connectivity index (χ4v) is 2.96. The average Bonchev–Trinajstić information content (AvgIpc) is 3.01. The minimum atomic E-state index is -3.00. The summed E-state index contributed by atoms with van der Waals surface area (Å²) >= 11 is 5.82. The summed E-state index contributed by atoms with van der Waals surface area (Å²) in [5.74, 6) is -2.38. The van der Waals surface area contributed by atoms with Crippen LogP contribution in [-0.4, -0.2) is 41.1 Å². The standard InChI is InChI=1S/C17H17ClF4N2O3/c1-9(19)6-10(4-5-27-17(21)22)15-8-14(16(25)26)23-24(15)11-2-3-13(20)12(18)7-11/h4,6-7,15,17H,2-3,5,8H2,1H3,(H,25,26). The number of halogens is 5. The number of carboxylic acid groups (broad SMARTS) is 1. The van der Waals surface area contributed by atoms with Crippen molar-refractivity contribution in [1.29, 1.82) is 0 Å². The molecule has 0 aromatic heterocycles. The first kappa shape index (κ1) is 21.2. The van der Waals surface area contributed by atoms with E-state index in [9.17, 15) is 27.5 Å². The molecule has 0 aromatic rings. The third-order valence-corrected chi connectivity index (χ3v) is 4.21. The zero-order valence-electron chi connectivity index (χ0n) is 14.3. The quantitative estimate of drug-likeness (QED) is 0.492. The van der Waals surface area contributed by atoms with Crippen LogP contribution in [0.5, 0.6) is 0 Å². The monoisotopic (exact) mass is 408 g/mol. The highest BCUT2D eigenvalue weighted by molar-refractivity contribution is 6.36. The summed E-state index contributed by atoms with van der Waals surface area (Å²) in [4.78, 5) is 11.3. The molecule has 10 heteroatoms. The third-order valence-electron chi connectivity index (χ3n) is 3.90. The average molecular weight is 409 g/mol. The predicted octanol–water partition coefficient (Wildman–Crippen LogP) is 4.64. The van der Waals surface area contributed by atoms with Gasteiger partial charge in [-0.15, -0.1) is 0 Å². The number of alkyl halides is 2. The van der Waals surface area contributed by atoms with Gasteiger partial charge in [-0.25, -0.2) is 13.6 Å². The molecule has 1 aliphatic heterocycles. The van der Waals surface area contributed by atoms with Gasteiger partial charge in [-0.1, -0.05) is 17.7 Å². The number of nitrogens with zero attached hydrogens (tertiary/aromatic N) is 2. The molecule has 0 fully saturated rings. The summed E-state index contributed by atoms with van der Waals surface area (Å²) in [5, 5.41) is 14.5. The van der Waals surface area contributed by atoms with Crippen LogP contribution in [0.4, 0.5) is 17.6 Å². The van der Waals surface area contributed by atoms with Crippen LogP contribution in [0.3, 0.4) is 0 Å². The Bertz CT molecular complexity index is 755. The highest BCUT2D eigenvalue weighted by Crippen LogP contribution is 2.35. The van der Waals surface area contributed by atoms with E-state index in [1.165, 1.54) is 17.2 Å². The number of aliphatic carboxylic acids is 1. The van der Waals surface area contributed by atoms with Crippen molar-refractivity contribution in [2.75, 3.05) is 6.61 Å². The van der Waals surface area contributed by atoms with Crippen LogP contribution in [0.15, 0.2) is 51.3 Å². The number of carbonyl (C=O) groups is 1. The third kappa shape index (κ3) is 5.67. The Kier molecular flexibility index (Phi) is 7.20.